The van der Waals surface area contributed by atoms with E-state index >= 15 is 0 Å². The highest BCUT2D eigenvalue weighted by atomic mass is 16.5. The van der Waals surface area contributed by atoms with E-state index in [-0.39, 0.29) is 12.0 Å². The van der Waals surface area contributed by atoms with Crippen LogP contribution in [-0.2, 0) is 9.53 Å². The number of hydrogen-bond acceptors (Lipinski definition) is 4. The average Bonchev–Trinajstić information content (AvgIpc) is 2.97. The smallest absolute Gasteiger partial charge is 0.224 e. The van der Waals surface area contributed by atoms with Crippen molar-refractivity contribution >= 4 is 5.91 Å². The molecule has 1 atom stereocenters. The van der Waals surface area contributed by atoms with Crippen molar-refractivity contribution in [1.82, 2.24) is 10.2 Å². The number of hydrogen-bond donors (Lipinski definition) is 2. The largest absolute Gasteiger partial charge is 0.392 e. The number of aliphatic hydroxyl groups excluding tert-OH is 1. The molecule has 1 heterocycles. The molecule has 20 heavy (non-hydrogen) atoms. The number of carbonyl (C=O) groups excluding carboxylic acids is 1. The molecule has 0 spiro atoms. The van der Waals surface area contributed by atoms with Crippen LogP contribution in [0.15, 0.2) is 0 Å². The van der Waals surface area contributed by atoms with E-state index in [9.17, 15) is 9.90 Å². The van der Waals surface area contributed by atoms with Crippen LogP contribution in [0.1, 0.15) is 38.5 Å². The van der Waals surface area contributed by atoms with Crippen LogP contribution in [-0.4, -0.2) is 61.4 Å². The van der Waals surface area contributed by atoms with Crippen molar-refractivity contribution in [2.45, 2.75) is 44.6 Å². The number of nitrogens with zero attached hydrogens (tertiary/aromatic N) is 1. The molecule has 2 aliphatic rings. The normalized spacial score (nSPS) is 22.1. The van der Waals surface area contributed by atoms with Crippen molar-refractivity contribution in [3.63, 3.8) is 0 Å². The van der Waals surface area contributed by atoms with Gasteiger partial charge < -0.3 is 20.1 Å². The second-order valence-electron chi connectivity index (χ2n) is 5.99. The molecule has 2 fully saturated rings. The SMILES string of the molecule is O=C(CCNCC(O)CC1CCCC1)N1CCOCC1. The first-order valence-corrected chi connectivity index (χ1v) is 8.00. The fourth-order valence-corrected chi connectivity index (χ4v) is 3.15. The van der Waals surface area contributed by atoms with Crippen LogP contribution < -0.4 is 5.32 Å². The number of ether oxygens (including phenoxy) is 1. The third-order valence-electron chi connectivity index (χ3n) is 4.34. The summed E-state index contributed by atoms with van der Waals surface area (Å²) < 4.78 is 5.23. The molecule has 1 amide bonds. The predicted molar refractivity (Wildman–Crippen MR) is 77.5 cm³/mol. The first-order chi connectivity index (χ1) is 9.75. The molecule has 1 unspecified atom stereocenters. The van der Waals surface area contributed by atoms with Gasteiger partial charge in [0.1, 0.15) is 0 Å². The minimum atomic E-state index is -0.267. The van der Waals surface area contributed by atoms with Gasteiger partial charge in [0.2, 0.25) is 5.91 Å². The minimum absolute atomic E-state index is 0.186. The van der Waals surface area contributed by atoms with Gasteiger partial charge in [-0.15, -0.1) is 0 Å². The van der Waals surface area contributed by atoms with Crippen molar-refractivity contribution in [3.8, 4) is 0 Å². The van der Waals surface area contributed by atoms with Crippen molar-refractivity contribution < 1.29 is 14.6 Å². The van der Waals surface area contributed by atoms with E-state index in [1.807, 2.05) is 4.90 Å². The molecule has 0 aromatic heterocycles. The van der Waals surface area contributed by atoms with Gasteiger partial charge in [0.05, 0.1) is 19.3 Å². The number of carbonyl (C=O) groups is 1. The molecule has 5 heteroatoms. The summed E-state index contributed by atoms with van der Waals surface area (Å²) in [6, 6.07) is 0. The first-order valence-electron chi connectivity index (χ1n) is 8.00. The van der Waals surface area contributed by atoms with Gasteiger partial charge in [-0.2, -0.15) is 0 Å². The average molecular weight is 284 g/mol. The van der Waals surface area contributed by atoms with E-state index in [0.717, 1.165) is 6.42 Å². The zero-order chi connectivity index (χ0) is 14.2. The molecule has 2 rings (SSSR count). The third kappa shape index (κ3) is 5.38. The van der Waals surface area contributed by atoms with Gasteiger partial charge in [0, 0.05) is 32.6 Å². The number of aliphatic hydroxyl groups is 1. The van der Waals surface area contributed by atoms with Crippen LogP contribution in [0.25, 0.3) is 0 Å². The molecule has 1 aliphatic carbocycles. The number of nitrogens with one attached hydrogen (secondary N) is 1. The van der Waals surface area contributed by atoms with Crippen LogP contribution in [0.5, 0.6) is 0 Å². The standard InChI is InChI=1S/C15H28N2O3/c18-14(11-13-3-1-2-4-13)12-16-6-5-15(19)17-7-9-20-10-8-17/h13-14,16,18H,1-12H2. The Labute approximate surface area is 121 Å². The monoisotopic (exact) mass is 284 g/mol. The fraction of sp³-hybridized carbons (Fsp3) is 0.933. The number of rotatable bonds is 7. The van der Waals surface area contributed by atoms with Crippen molar-refractivity contribution in [1.29, 1.82) is 0 Å². The van der Waals surface area contributed by atoms with Gasteiger partial charge in [0.25, 0.3) is 0 Å². The predicted octanol–water partition coefficient (Wildman–Crippen LogP) is 0.766. The van der Waals surface area contributed by atoms with Gasteiger partial charge in [-0.1, -0.05) is 25.7 Å². The molecule has 0 radical (unpaired) electrons. The van der Waals surface area contributed by atoms with Crippen molar-refractivity contribution in [3.05, 3.63) is 0 Å². The summed E-state index contributed by atoms with van der Waals surface area (Å²) >= 11 is 0. The highest BCUT2D eigenvalue weighted by Crippen LogP contribution is 2.28. The van der Waals surface area contributed by atoms with Crippen LogP contribution in [0.4, 0.5) is 0 Å². The summed E-state index contributed by atoms with van der Waals surface area (Å²) in [5, 5.41) is 13.1. The Bertz CT molecular complexity index is 287. The fourth-order valence-electron chi connectivity index (χ4n) is 3.15. The summed E-state index contributed by atoms with van der Waals surface area (Å²) in [7, 11) is 0. The molecule has 1 aliphatic heterocycles. The molecule has 0 aromatic rings. The molecule has 2 N–H and O–H groups in total. The van der Waals surface area contributed by atoms with Crippen LogP contribution >= 0.6 is 0 Å². The highest BCUT2D eigenvalue weighted by molar-refractivity contribution is 5.76. The maximum absolute atomic E-state index is 11.9. The van der Waals surface area contributed by atoms with E-state index in [4.69, 9.17) is 4.74 Å². The second kappa shape index (κ2) is 8.60. The molecule has 1 saturated heterocycles. The van der Waals surface area contributed by atoms with E-state index in [1.54, 1.807) is 0 Å². The highest BCUT2D eigenvalue weighted by Gasteiger charge is 2.19. The molecular weight excluding hydrogens is 256 g/mol. The summed E-state index contributed by atoms with van der Waals surface area (Å²) in [4.78, 5) is 13.8. The zero-order valence-corrected chi connectivity index (χ0v) is 12.4. The molecule has 0 aromatic carbocycles. The Hall–Kier alpha value is -0.650. The van der Waals surface area contributed by atoms with Crippen LogP contribution in [0, 0.1) is 5.92 Å². The molecule has 116 valence electrons. The Morgan fingerprint density at radius 1 is 1.30 bits per heavy atom. The Morgan fingerprint density at radius 2 is 2.00 bits per heavy atom. The van der Waals surface area contributed by atoms with E-state index < -0.39 is 0 Å². The number of amides is 1. The topological polar surface area (TPSA) is 61.8 Å². The summed E-state index contributed by atoms with van der Waals surface area (Å²) in [5.74, 6) is 0.896. The maximum atomic E-state index is 11.9. The summed E-state index contributed by atoms with van der Waals surface area (Å²) in [6.07, 6.45) is 6.33. The van der Waals surface area contributed by atoms with Gasteiger partial charge in [-0.05, 0) is 12.3 Å². The Balaban J connectivity index is 1.50. The van der Waals surface area contributed by atoms with Crippen LogP contribution in [0.3, 0.4) is 0 Å². The minimum Gasteiger partial charge on any atom is -0.392 e. The van der Waals surface area contributed by atoms with Crippen molar-refractivity contribution in [2.75, 3.05) is 39.4 Å². The lowest BCUT2D eigenvalue weighted by atomic mass is 10.0. The third-order valence-corrected chi connectivity index (χ3v) is 4.34. The lowest BCUT2D eigenvalue weighted by Crippen LogP contribution is -2.42. The lowest BCUT2D eigenvalue weighted by Gasteiger charge is -2.27. The van der Waals surface area contributed by atoms with E-state index in [0.29, 0.717) is 51.7 Å². The molecular formula is C15H28N2O3. The summed E-state index contributed by atoms with van der Waals surface area (Å²) in [5.41, 5.74) is 0. The Kier molecular flexibility index (Phi) is 6.76. The van der Waals surface area contributed by atoms with Gasteiger partial charge >= 0.3 is 0 Å². The van der Waals surface area contributed by atoms with Gasteiger partial charge in [-0.3, -0.25) is 4.79 Å². The van der Waals surface area contributed by atoms with Gasteiger partial charge in [0.15, 0.2) is 0 Å². The van der Waals surface area contributed by atoms with E-state index in [2.05, 4.69) is 5.32 Å². The van der Waals surface area contributed by atoms with Gasteiger partial charge in [-0.25, -0.2) is 0 Å². The first kappa shape index (κ1) is 15.7. The van der Waals surface area contributed by atoms with Crippen molar-refractivity contribution in [2.24, 2.45) is 5.92 Å². The lowest BCUT2D eigenvalue weighted by molar-refractivity contribution is -0.135. The molecule has 5 nitrogen and oxygen atoms in total. The van der Waals surface area contributed by atoms with Crippen LogP contribution in [0.2, 0.25) is 0 Å². The summed E-state index contributed by atoms with van der Waals surface area (Å²) in [6.45, 7) is 3.98. The van der Waals surface area contributed by atoms with E-state index in [1.165, 1.54) is 25.7 Å². The quantitative estimate of drug-likeness (QED) is 0.678. The maximum Gasteiger partial charge on any atom is 0.224 e. The Morgan fingerprint density at radius 3 is 2.70 bits per heavy atom. The number of morpholine rings is 1. The molecule has 0 bridgehead atoms. The second-order valence-corrected chi connectivity index (χ2v) is 5.99. The zero-order valence-electron chi connectivity index (χ0n) is 12.4. The molecule has 1 saturated carbocycles.